The first-order chi connectivity index (χ1) is 17.8. The van der Waals surface area contributed by atoms with Crippen LogP contribution in [0.1, 0.15) is 85.5 Å². The van der Waals surface area contributed by atoms with Gasteiger partial charge in [-0.25, -0.2) is 4.79 Å². The van der Waals surface area contributed by atoms with Crippen molar-refractivity contribution in [1.29, 1.82) is 0 Å². The van der Waals surface area contributed by atoms with E-state index in [9.17, 15) is 14.4 Å². The second kappa shape index (κ2) is 23.2. The number of unbranched alkanes of at least 4 members (excludes halogenated alkanes) is 1. The van der Waals surface area contributed by atoms with E-state index in [4.69, 9.17) is 4.74 Å². The van der Waals surface area contributed by atoms with E-state index in [1.165, 1.54) is 13.0 Å². The normalized spacial score (nSPS) is 13.2. The molecule has 0 aromatic carbocycles. The van der Waals surface area contributed by atoms with E-state index in [2.05, 4.69) is 73.5 Å². The molecule has 5 heteroatoms. The lowest BCUT2D eigenvalue weighted by molar-refractivity contribution is -0.156. The van der Waals surface area contributed by atoms with Gasteiger partial charge in [0.1, 0.15) is 0 Å². The van der Waals surface area contributed by atoms with Crippen LogP contribution < -0.4 is 5.32 Å². The minimum atomic E-state index is -0.744. The maximum Gasteiger partial charge on any atom is 0.338 e. The molecule has 0 saturated carbocycles. The van der Waals surface area contributed by atoms with Gasteiger partial charge >= 0.3 is 11.9 Å². The van der Waals surface area contributed by atoms with E-state index >= 15 is 0 Å². The molecule has 0 spiro atoms. The van der Waals surface area contributed by atoms with E-state index in [1.807, 2.05) is 19.9 Å². The van der Waals surface area contributed by atoms with Gasteiger partial charge in [-0.3, -0.25) is 9.59 Å². The Morgan fingerprint density at radius 2 is 1.32 bits per heavy atom. The number of nitrogens with one attached hydrogen (secondary N) is 1. The Balaban J connectivity index is 3.98. The van der Waals surface area contributed by atoms with Crippen LogP contribution in [0.2, 0.25) is 0 Å². The van der Waals surface area contributed by atoms with Gasteiger partial charge in [0.15, 0.2) is 5.78 Å². The van der Waals surface area contributed by atoms with Crippen LogP contribution in [0.3, 0.4) is 0 Å². The molecule has 0 heterocycles. The summed E-state index contributed by atoms with van der Waals surface area (Å²) < 4.78 is 4.80. The highest BCUT2D eigenvalue weighted by Gasteiger charge is 2.15. The van der Waals surface area contributed by atoms with Crippen molar-refractivity contribution in [1.82, 2.24) is 5.32 Å². The highest BCUT2D eigenvalue weighted by molar-refractivity contribution is 5.92. The van der Waals surface area contributed by atoms with Gasteiger partial charge in [0.25, 0.3) is 0 Å². The van der Waals surface area contributed by atoms with Gasteiger partial charge in [0.05, 0.1) is 6.04 Å². The number of rotatable bonds is 20. The molecule has 0 aromatic heterocycles. The van der Waals surface area contributed by atoms with Crippen LogP contribution in [0.4, 0.5) is 0 Å². The molecule has 0 bridgehead atoms. The number of esters is 2. The van der Waals surface area contributed by atoms with Crippen molar-refractivity contribution in [3.05, 3.63) is 85.2 Å². The summed E-state index contributed by atoms with van der Waals surface area (Å²) in [5, 5.41) is 3.00. The molecule has 0 fully saturated rings. The predicted octanol–water partition coefficient (Wildman–Crippen LogP) is 7.64. The minimum absolute atomic E-state index is 0.00788. The number of ketones is 1. The van der Waals surface area contributed by atoms with Crippen LogP contribution in [0, 0.1) is 5.92 Å². The van der Waals surface area contributed by atoms with E-state index in [0.717, 1.165) is 44.6 Å². The molecule has 0 aliphatic heterocycles. The molecule has 0 unspecified atom stereocenters. The monoisotopic (exact) mass is 509 g/mol. The first kappa shape index (κ1) is 33.8. The lowest BCUT2D eigenvalue weighted by Gasteiger charge is -2.19. The summed E-state index contributed by atoms with van der Waals surface area (Å²) in [5.74, 6) is -0.947. The third-order valence-corrected chi connectivity index (χ3v) is 5.10. The van der Waals surface area contributed by atoms with Gasteiger partial charge in [-0.2, -0.15) is 0 Å². The van der Waals surface area contributed by atoms with Crippen LogP contribution in [-0.2, 0) is 19.1 Å². The summed E-state index contributed by atoms with van der Waals surface area (Å²) in [7, 11) is 0. The zero-order chi connectivity index (χ0) is 27.7. The fourth-order valence-corrected chi connectivity index (χ4v) is 3.17. The minimum Gasteiger partial charge on any atom is -0.390 e. The van der Waals surface area contributed by atoms with Gasteiger partial charge in [-0.15, -0.1) is 0 Å². The molecule has 0 amide bonds. The SMILES string of the molecule is C=C(/C=C/C(=O)OC(=O)CCC/C=C\C/C=C\C/C=C\C/C=C\C/C=C\CC)N[C@@H](CC(C)C)C(C)=O. The first-order valence-electron chi connectivity index (χ1n) is 13.4. The predicted molar refractivity (Wildman–Crippen MR) is 155 cm³/mol. The average molecular weight is 510 g/mol. The Bertz CT molecular complexity index is 856. The third kappa shape index (κ3) is 23.0. The number of hydrogen-bond donors (Lipinski definition) is 1. The molecule has 204 valence electrons. The number of carbonyl (C=O) groups is 3. The average Bonchev–Trinajstić information content (AvgIpc) is 2.84. The molecular formula is C32H47NO4. The van der Waals surface area contributed by atoms with E-state index in [1.54, 1.807) is 0 Å². The summed E-state index contributed by atoms with van der Waals surface area (Å²) in [5.41, 5.74) is 0.420. The summed E-state index contributed by atoms with van der Waals surface area (Å²) in [6, 6.07) is -0.356. The molecule has 0 aliphatic carbocycles. The van der Waals surface area contributed by atoms with Crippen LogP contribution in [0.25, 0.3) is 0 Å². The molecule has 1 N–H and O–H groups in total. The van der Waals surface area contributed by atoms with E-state index in [-0.39, 0.29) is 18.2 Å². The van der Waals surface area contributed by atoms with Crippen molar-refractivity contribution < 1.29 is 19.1 Å². The number of ether oxygens (including phenoxy) is 1. The van der Waals surface area contributed by atoms with Crippen molar-refractivity contribution in [2.24, 2.45) is 5.92 Å². The van der Waals surface area contributed by atoms with Crippen molar-refractivity contribution in [3.63, 3.8) is 0 Å². The fourth-order valence-electron chi connectivity index (χ4n) is 3.17. The summed E-state index contributed by atoms with van der Waals surface area (Å²) in [6.07, 6.45) is 31.0. The van der Waals surface area contributed by atoms with Gasteiger partial charge < -0.3 is 10.1 Å². The molecule has 37 heavy (non-hydrogen) atoms. The Hall–Kier alpha value is -3.21. The lowest BCUT2D eigenvalue weighted by atomic mass is 10.0. The number of carbonyl (C=O) groups excluding carboxylic acids is 3. The molecule has 0 aromatic rings. The highest BCUT2D eigenvalue weighted by Crippen LogP contribution is 2.08. The number of hydrogen-bond acceptors (Lipinski definition) is 5. The topological polar surface area (TPSA) is 72.5 Å². The Morgan fingerprint density at radius 1 is 0.811 bits per heavy atom. The fraction of sp³-hybridized carbons (Fsp3) is 0.469. The second-order valence-electron chi connectivity index (χ2n) is 9.19. The molecule has 0 aliphatic rings. The van der Waals surface area contributed by atoms with Gasteiger partial charge in [-0.05, 0) is 70.3 Å². The van der Waals surface area contributed by atoms with Gasteiger partial charge in [0.2, 0.25) is 0 Å². The number of Topliss-reactive ketones (excluding diaryl/α,β-unsaturated/α-hetero) is 1. The van der Waals surface area contributed by atoms with Crippen molar-refractivity contribution in [2.45, 2.75) is 91.5 Å². The van der Waals surface area contributed by atoms with Crippen LogP contribution in [-0.4, -0.2) is 23.8 Å². The maximum absolute atomic E-state index is 11.8. The molecule has 0 saturated heterocycles. The Kier molecular flexibility index (Phi) is 21.2. The molecule has 1 atom stereocenters. The zero-order valence-electron chi connectivity index (χ0n) is 23.3. The van der Waals surface area contributed by atoms with E-state index < -0.39 is 11.9 Å². The van der Waals surface area contributed by atoms with E-state index in [0.29, 0.717) is 24.5 Å². The van der Waals surface area contributed by atoms with Crippen molar-refractivity contribution in [2.75, 3.05) is 0 Å². The Labute approximate surface area is 224 Å². The quantitative estimate of drug-likeness (QED) is 0.0456. The van der Waals surface area contributed by atoms with Crippen LogP contribution in [0.15, 0.2) is 85.2 Å². The largest absolute Gasteiger partial charge is 0.390 e. The number of allylic oxidation sites excluding steroid dienone is 11. The summed E-state index contributed by atoms with van der Waals surface area (Å²) >= 11 is 0. The van der Waals surface area contributed by atoms with Gasteiger partial charge in [-0.1, -0.05) is 88.1 Å². The lowest BCUT2D eigenvalue weighted by Crippen LogP contribution is -2.35. The first-order valence-corrected chi connectivity index (χ1v) is 13.4. The third-order valence-electron chi connectivity index (χ3n) is 5.10. The summed E-state index contributed by atoms with van der Waals surface area (Å²) in [4.78, 5) is 35.4. The molecular weight excluding hydrogens is 462 g/mol. The standard InChI is InChI=1S/C32H47NO4/c1-6-7-8-9-10-11-12-13-14-15-16-17-18-19-20-21-22-23-31(35)37-32(36)25-24-28(4)33-30(29(5)34)26-27(2)3/h7-8,10-11,13-14,16-17,19-20,24-25,27,30,33H,4,6,9,12,15,18,21-23,26H2,1-3,5H3/b8-7-,11-10-,14-13-,17-16-,20-19-,25-24+/t30-/m0/s1. The molecule has 0 radical (unpaired) electrons. The van der Waals surface area contributed by atoms with Crippen LogP contribution >= 0.6 is 0 Å². The molecule has 0 rings (SSSR count). The zero-order valence-corrected chi connectivity index (χ0v) is 23.3. The van der Waals surface area contributed by atoms with Gasteiger partial charge in [0, 0.05) is 18.2 Å². The highest BCUT2D eigenvalue weighted by atomic mass is 16.6. The molecule has 5 nitrogen and oxygen atoms in total. The van der Waals surface area contributed by atoms with Crippen molar-refractivity contribution >= 4 is 17.7 Å². The smallest absolute Gasteiger partial charge is 0.338 e. The maximum atomic E-state index is 11.8. The summed E-state index contributed by atoms with van der Waals surface area (Å²) in [6.45, 7) is 11.5. The van der Waals surface area contributed by atoms with Crippen LogP contribution in [0.5, 0.6) is 0 Å². The van der Waals surface area contributed by atoms with Crippen molar-refractivity contribution in [3.8, 4) is 0 Å². The Morgan fingerprint density at radius 3 is 1.81 bits per heavy atom. The second-order valence-corrected chi connectivity index (χ2v) is 9.19.